The van der Waals surface area contributed by atoms with Gasteiger partial charge in [-0.25, -0.2) is 0 Å². The summed E-state index contributed by atoms with van der Waals surface area (Å²) in [5, 5.41) is 7.10. The van der Waals surface area contributed by atoms with Gasteiger partial charge in [-0.1, -0.05) is 152 Å². The fraction of sp³-hybridized carbons (Fsp3) is 0.0303. The van der Waals surface area contributed by atoms with Gasteiger partial charge < -0.3 is 8.98 Å². The van der Waals surface area contributed by atoms with Crippen LogP contribution in [0.25, 0.3) is 136 Å². The fourth-order valence-electron chi connectivity index (χ4n) is 11.0. The first-order valence-corrected chi connectivity index (χ1v) is 24.9. The summed E-state index contributed by atoms with van der Waals surface area (Å²) in [5.41, 5.74) is 21.5. The van der Waals surface area contributed by atoms with Gasteiger partial charge in [0.2, 0.25) is 0 Å². The number of hydrogen-bond donors (Lipinski definition) is 0. The van der Waals surface area contributed by atoms with Gasteiger partial charge in [0.25, 0.3) is 0 Å². The minimum atomic E-state index is 0.757. The van der Waals surface area contributed by atoms with Crippen LogP contribution in [0.3, 0.4) is 0 Å². The number of fused-ring (bicyclic) bond motifs is 9. The van der Waals surface area contributed by atoms with Crippen molar-refractivity contribution in [1.82, 2.24) is 14.5 Å². The molecule has 5 heteroatoms. The number of aromatic nitrogens is 3. The van der Waals surface area contributed by atoms with E-state index >= 15 is 0 Å². The van der Waals surface area contributed by atoms with Crippen molar-refractivity contribution in [3.8, 4) is 72.6 Å². The van der Waals surface area contributed by atoms with Crippen molar-refractivity contribution < 1.29 is 4.42 Å². The second-order valence-electron chi connectivity index (χ2n) is 18.6. The quantitative estimate of drug-likeness (QED) is 0.160. The third-order valence-corrected chi connectivity index (χ3v) is 15.8. The maximum absolute atomic E-state index is 6.34. The molecule has 0 spiro atoms. The van der Waals surface area contributed by atoms with E-state index in [2.05, 4.69) is 218 Å². The fourth-order valence-corrected chi connectivity index (χ4v) is 12.2. The maximum atomic E-state index is 6.34. The summed E-state index contributed by atoms with van der Waals surface area (Å²) in [6, 6.07) is 75.5. The Morgan fingerprint density at radius 3 is 1.75 bits per heavy atom. The number of thiophene rings is 1. The molecule has 0 amide bonds. The van der Waals surface area contributed by atoms with E-state index in [4.69, 9.17) is 9.40 Å². The number of rotatable bonds is 7. The van der Waals surface area contributed by atoms with Gasteiger partial charge in [0.05, 0.1) is 17.2 Å². The van der Waals surface area contributed by atoms with Crippen LogP contribution in [-0.2, 0) is 0 Å². The molecule has 5 aromatic heterocycles. The number of nitrogens with zero attached hydrogens (tertiary/aromatic N) is 3. The van der Waals surface area contributed by atoms with Crippen LogP contribution >= 0.6 is 11.3 Å². The van der Waals surface area contributed by atoms with E-state index < -0.39 is 0 Å². The molecule has 0 N–H and O–H groups in total. The van der Waals surface area contributed by atoms with Gasteiger partial charge in [-0.3, -0.25) is 9.97 Å². The molecule has 0 aliphatic heterocycles. The molecule has 0 aliphatic carbocycles. The molecule has 4 nitrogen and oxygen atoms in total. The minimum Gasteiger partial charge on any atom is -0.452 e. The highest BCUT2D eigenvalue weighted by atomic mass is 32.1. The maximum Gasteiger partial charge on any atom is 0.161 e. The molecule has 0 saturated carbocycles. The molecule has 0 bridgehead atoms. The highest BCUT2D eigenvalue weighted by molar-refractivity contribution is 7.26. The summed E-state index contributed by atoms with van der Waals surface area (Å²) in [4.78, 5) is 9.10. The summed E-state index contributed by atoms with van der Waals surface area (Å²) < 4.78 is 11.4. The number of pyridine rings is 2. The molecule has 0 fully saturated rings. The summed E-state index contributed by atoms with van der Waals surface area (Å²) in [5.74, 6) is 0. The molecule has 5 heterocycles. The van der Waals surface area contributed by atoms with Crippen LogP contribution in [0.4, 0.5) is 0 Å². The van der Waals surface area contributed by atoms with Crippen LogP contribution in [0, 0.1) is 13.8 Å². The van der Waals surface area contributed by atoms with Gasteiger partial charge in [-0.2, -0.15) is 0 Å². The molecule has 71 heavy (non-hydrogen) atoms. The molecule has 0 unspecified atom stereocenters. The zero-order chi connectivity index (χ0) is 47.2. The van der Waals surface area contributed by atoms with E-state index in [-0.39, 0.29) is 0 Å². The van der Waals surface area contributed by atoms with Gasteiger partial charge in [0.15, 0.2) is 11.2 Å². The molecule has 0 saturated heterocycles. The van der Waals surface area contributed by atoms with E-state index in [1.54, 1.807) is 12.4 Å². The van der Waals surface area contributed by atoms with E-state index in [0.29, 0.717) is 0 Å². The zero-order valence-corrected chi connectivity index (χ0v) is 39.8. The molecule has 14 rings (SSSR count). The lowest BCUT2D eigenvalue weighted by atomic mass is 9.90. The largest absolute Gasteiger partial charge is 0.452 e. The van der Waals surface area contributed by atoms with Crippen LogP contribution in [0.5, 0.6) is 0 Å². The first kappa shape index (κ1) is 41.1. The highest BCUT2D eigenvalue weighted by Gasteiger charge is 2.19. The zero-order valence-electron chi connectivity index (χ0n) is 39.0. The Labute approximate surface area is 414 Å². The molecule has 14 aromatic rings. The average molecular weight is 926 g/mol. The Morgan fingerprint density at radius 1 is 0.423 bits per heavy atom. The molecular formula is C66H43N3OS. The average Bonchev–Trinajstić information content (AvgIpc) is 4.11. The van der Waals surface area contributed by atoms with Gasteiger partial charge in [-0.15, -0.1) is 11.3 Å². The Morgan fingerprint density at radius 2 is 1.00 bits per heavy atom. The second-order valence-corrected chi connectivity index (χ2v) is 19.6. The Hall–Kier alpha value is -8.90. The first-order valence-electron chi connectivity index (χ1n) is 24.1. The third-order valence-electron chi connectivity index (χ3n) is 14.6. The van der Waals surface area contributed by atoms with Gasteiger partial charge in [0, 0.05) is 65.4 Å². The number of furan rings is 1. The second kappa shape index (κ2) is 16.4. The van der Waals surface area contributed by atoms with E-state index in [1.165, 1.54) is 97.7 Å². The summed E-state index contributed by atoms with van der Waals surface area (Å²) in [6.07, 6.45) is 5.44. The predicted octanol–water partition coefficient (Wildman–Crippen LogP) is 18.5. The molecule has 9 aromatic carbocycles. The lowest BCUT2D eigenvalue weighted by Crippen LogP contribution is -1.94. The van der Waals surface area contributed by atoms with Crippen molar-refractivity contribution >= 4 is 75.3 Å². The number of aryl methyl sites for hydroxylation is 1. The lowest BCUT2D eigenvalue weighted by Gasteiger charge is -2.14. The van der Waals surface area contributed by atoms with Crippen LogP contribution in [0.2, 0.25) is 0 Å². The first-order chi connectivity index (χ1) is 35.0. The van der Waals surface area contributed by atoms with Gasteiger partial charge in [0.1, 0.15) is 5.69 Å². The summed E-state index contributed by atoms with van der Waals surface area (Å²) in [7, 11) is 0. The van der Waals surface area contributed by atoms with Crippen LogP contribution in [-0.4, -0.2) is 14.5 Å². The highest BCUT2D eigenvalue weighted by Crippen LogP contribution is 2.43. The van der Waals surface area contributed by atoms with Gasteiger partial charge in [-0.05, 0) is 135 Å². The summed E-state index contributed by atoms with van der Waals surface area (Å²) in [6.45, 7) is 4.43. The van der Waals surface area contributed by atoms with E-state index in [9.17, 15) is 0 Å². The molecule has 0 atom stereocenters. The standard InChI is InChI=1S/C66H43N3OS/c1-40-9-3-4-10-50(40)52-13-7-12-51(41(52)2)44-21-17-42(18-22-44)47-27-31-60-58(37-47)59-38-48(43-19-23-45(24-20-43)53-14-8-15-57-55-11-5-6-16-63(55)71-66(53)57)28-32-61(59)69(60)49-29-25-46(26-30-49)64-65-56(34-36-68-64)54-33-35-67-39-62(54)70-65/h3-39H,1-2H3. The molecular weight excluding hydrogens is 883 g/mol. The Kier molecular flexibility index (Phi) is 9.48. The monoisotopic (exact) mass is 925 g/mol. The van der Waals surface area contributed by atoms with E-state index in [0.717, 1.165) is 49.9 Å². The lowest BCUT2D eigenvalue weighted by molar-refractivity contribution is 0.666. The third kappa shape index (κ3) is 6.73. The van der Waals surface area contributed by atoms with Crippen molar-refractivity contribution in [3.63, 3.8) is 0 Å². The molecule has 0 aliphatic rings. The number of benzene rings is 9. The normalized spacial score (nSPS) is 11.8. The SMILES string of the molecule is Cc1ccccc1-c1cccc(-c2ccc(-c3ccc4c(c3)c3cc(-c5ccc(-c6cccc7c6sc6ccccc67)cc5)ccc3n4-c3ccc(-c4nccc5c4oc4cnccc45)cc3)cc2)c1C. The summed E-state index contributed by atoms with van der Waals surface area (Å²) >= 11 is 1.87. The van der Waals surface area contributed by atoms with Crippen molar-refractivity contribution in [2.75, 3.05) is 0 Å². The smallest absolute Gasteiger partial charge is 0.161 e. The number of hydrogen-bond acceptors (Lipinski definition) is 4. The van der Waals surface area contributed by atoms with Crippen molar-refractivity contribution in [1.29, 1.82) is 0 Å². The predicted molar refractivity (Wildman–Crippen MR) is 299 cm³/mol. The van der Waals surface area contributed by atoms with Crippen molar-refractivity contribution in [2.24, 2.45) is 0 Å². The van der Waals surface area contributed by atoms with E-state index in [1.807, 2.05) is 29.7 Å². The van der Waals surface area contributed by atoms with Gasteiger partial charge >= 0.3 is 0 Å². The topological polar surface area (TPSA) is 43.9 Å². The van der Waals surface area contributed by atoms with Crippen LogP contribution < -0.4 is 0 Å². The Balaban J connectivity index is 0.867. The van der Waals surface area contributed by atoms with Crippen LogP contribution in [0.15, 0.2) is 229 Å². The van der Waals surface area contributed by atoms with Crippen molar-refractivity contribution in [3.05, 3.63) is 236 Å². The van der Waals surface area contributed by atoms with Crippen molar-refractivity contribution in [2.45, 2.75) is 13.8 Å². The minimum absolute atomic E-state index is 0.757. The molecule has 334 valence electrons. The molecule has 0 radical (unpaired) electrons. The van der Waals surface area contributed by atoms with Crippen LogP contribution in [0.1, 0.15) is 11.1 Å². The Bertz CT molecular complexity index is 4400.